The fourth-order valence-corrected chi connectivity index (χ4v) is 5.69. The number of carbonyl (C=O) groups is 1. The Morgan fingerprint density at radius 1 is 1.23 bits per heavy atom. The van der Waals surface area contributed by atoms with E-state index in [2.05, 4.69) is 46.9 Å². The van der Waals surface area contributed by atoms with Crippen LogP contribution < -0.4 is 19.6 Å². The minimum absolute atomic E-state index is 0.201. The molecule has 35 heavy (non-hydrogen) atoms. The topological polar surface area (TPSA) is 69.9 Å². The summed E-state index contributed by atoms with van der Waals surface area (Å²) in [4.78, 5) is 31.9. The lowest BCUT2D eigenvalue weighted by Gasteiger charge is -2.25. The zero-order chi connectivity index (χ0) is 25.3. The quantitative estimate of drug-likeness (QED) is 0.414. The molecule has 1 aromatic heterocycles. The molecule has 0 unspecified atom stereocenters. The average molecular weight is 555 g/mol. The first-order valence-corrected chi connectivity index (χ1v) is 13.0. The maximum absolute atomic E-state index is 13.7. The number of allylic oxidation sites excluding steroid dienone is 1. The van der Waals surface area contributed by atoms with E-state index in [0.717, 1.165) is 15.6 Å². The molecule has 2 aromatic carbocycles. The number of aromatic nitrogens is 1. The number of carbonyl (C=O) groups excluding carboxylic acids is 1. The van der Waals surface area contributed by atoms with Crippen molar-refractivity contribution in [3.63, 3.8) is 0 Å². The van der Waals surface area contributed by atoms with Crippen LogP contribution in [0.5, 0.6) is 5.75 Å². The van der Waals surface area contributed by atoms with Gasteiger partial charge in [0.2, 0.25) is 0 Å². The fourth-order valence-electron chi connectivity index (χ4n) is 4.09. The molecule has 1 atom stereocenters. The number of rotatable bonds is 6. The molecule has 2 heterocycles. The molecule has 0 aliphatic carbocycles. The number of nitrogens with zero attached hydrogens (tertiary/aromatic N) is 2. The predicted molar refractivity (Wildman–Crippen MR) is 142 cm³/mol. The van der Waals surface area contributed by atoms with Crippen LogP contribution in [0.25, 0.3) is 6.08 Å². The molecular weight excluding hydrogens is 528 g/mol. The van der Waals surface area contributed by atoms with E-state index in [1.165, 1.54) is 16.9 Å². The third kappa shape index (κ3) is 4.90. The molecule has 6 nitrogen and oxygen atoms in total. The van der Waals surface area contributed by atoms with Gasteiger partial charge in [0.15, 0.2) is 4.80 Å². The highest BCUT2D eigenvalue weighted by Crippen LogP contribution is 2.35. The molecule has 1 aliphatic heterocycles. The highest BCUT2D eigenvalue weighted by molar-refractivity contribution is 9.10. The maximum atomic E-state index is 13.7. The zero-order valence-electron chi connectivity index (χ0n) is 20.3. The van der Waals surface area contributed by atoms with Gasteiger partial charge in [-0.15, -0.1) is 0 Å². The lowest BCUT2D eigenvalue weighted by molar-refractivity contribution is -0.139. The van der Waals surface area contributed by atoms with Crippen LogP contribution in [0.2, 0.25) is 0 Å². The normalized spacial score (nSPS) is 15.7. The molecule has 0 bridgehead atoms. The summed E-state index contributed by atoms with van der Waals surface area (Å²) in [7, 11) is 1.59. The van der Waals surface area contributed by atoms with Gasteiger partial charge in [0.1, 0.15) is 5.75 Å². The number of esters is 1. The number of halogens is 1. The van der Waals surface area contributed by atoms with Crippen molar-refractivity contribution in [3.05, 3.63) is 94.6 Å². The predicted octanol–water partition coefficient (Wildman–Crippen LogP) is 4.69. The second-order valence-corrected chi connectivity index (χ2v) is 10.4. The summed E-state index contributed by atoms with van der Waals surface area (Å²) >= 11 is 4.84. The minimum Gasteiger partial charge on any atom is -0.496 e. The number of methoxy groups -OCH3 is 1. The van der Waals surface area contributed by atoms with Gasteiger partial charge < -0.3 is 9.47 Å². The van der Waals surface area contributed by atoms with Crippen molar-refractivity contribution >= 4 is 39.3 Å². The summed E-state index contributed by atoms with van der Waals surface area (Å²) in [6, 6.07) is 13.0. The Hall–Kier alpha value is -2.97. The Labute approximate surface area is 216 Å². The summed E-state index contributed by atoms with van der Waals surface area (Å²) in [5, 5.41) is 0. The monoisotopic (exact) mass is 554 g/mol. The van der Waals surface area contributed by atoms with E-state index in [0.29, 0.717) is 32.3 Å². The van der Waals surface area contributed by atoms with Gasteiger partial charge in [0.25, 0.3) is 5.56 Å². The number of hydrogen-bond donors (Lipinski definition) is 0. The summed E-state index contributed by atoms with van der Waals surface area (Å²) in [6.45, 7) is 8.06. The number of hydrogen-bond acceptors (Lipinski definition) is 6. The Balaban J connectivity index is 1.91. The molecule has 3 aromatic rings. The van der Waals surface area contributed by atoms with Crippen LogP contribution in [0.3, 0.4) is 0 Å². The minimum atomic E-state index is -0.669. The van der Waals surface area contributed by atoms with Gasteiger partial charge in [-0.1, -0.05) is 55.5 Å². The summed E-state index contributed by atoms with van der Waals surface area (Å²) in [5.74, 6) is 0.607. The van der Waals surface area contributed by atoms with Gasteiger partial charge in [-0.05, 0) is 70.6 Å². The van der Waals surface area contributed by atoms with Crippen LogP contribution in [0, 0.1) is 0 Å². The molecular formula is C27H27BrN2O4S. The van der Waals surface area contributed by atoms with E-state index in [4.69, 9.17) is 9.47 Å². The van der Waals surface area contributed by atoms with Gasteiger partial charge in [-0.3, -0.25) is 9.36 Å². The Kier molecular flexibility index (Phi) is 7.42. The largest absolute Gasteiger partial charge is 0.496 e. The fraction of sp³-hybridized carbons (Fsp3) is 0.296. The van der Waals surface area contributed by atoms with Gasteiger partial charge in [0.05, 0.1) is 40.0 Å². The highest BCUT2D eigenvalue weighted by atomic mass is 79.9. The van der Waals surface area contributed by atoms with Gasteiger partial charge in [-0.25, -0.2) is 9.79 Å². The molecule has 0 amide bonds. The highest BCUT2D eigenvalue weighted by Gasteiger charge is 2.33. The van der Waals surface area contributed by atoms with Crippen LogP contribution in [0.15, 0.2) is 68.0 Å². The summed E-state index contributed by atoms with van der Waals surface area (Å²) in [5.41, 5.74) is 3.61. The van der Waals surface area contributed by atoms with Gasteiger partial charge in [-0.2, -0.15) is 0 Å². The molecule has 4 rings (SSSR count). The first kappa shape index (κ1) is 25.1. The van der Waals surface area contributed by atoms with E-state index >= 15 is 0 Å². The third-order valence-corrected chi connectivity index (χ3v) is 7.51. The van der Waals surface area contributed by atoms with Gasteiger partial charge >= 0.3 is 5.97 Å². The molecule has 0 saturated heterocycles. The second-order valence-electron chi connectivity index (χ2n) is 8.52. The van der Waals surface area contributed by atoms with E-state index < -0.39 is 12.0 Å². The van der Waals surface area contributed by atoms with Crippen molar-refractivity contribution in [3.8, 4) is 5.75 Å². The molecule has 0 saturated carbocycles. The Morgan fingerprint density at radius 3 is 2.54 bits per heavy atom. The van der Waals surface area contributed by atoms with Crippen LogP contribution in [-0.4, -0.2) is 24.3 Å². The zero-order valence-corrected chi connectivity index (χ0v) is 22.7. The van der Waals surface area contributed by atoms with Crippen molar-refractivity contribution < 1.29 is 14.3 Å². The molecule has 0 radical (unpaired) electrons. The van der Waals surface area contributed by atoms with Gasteiger partial charge in [0, 0.05) is 0 Å². The van der Waals surface area contributed by atoms with E-state index in [1.54, 1.807) is 25.5 Å². The standard InChI is InChI=1S/C27H27BrN2O4S/c1-6-34-26(32)23-16(4)29-27-30(24(23)19-11-12-21(33-5)20(28)14-19)25(31)22(35-27)13-17-7-9-18(10-8-17)15(2)3/h7-15,24H,6H2,1-5H3/b22-13+/t24-/m1/s1. The number of thiazole rings is 1. The van der Waals surface area contributed by atoms with E-state index in [-0.39, 0.29) is 12.2 Å². The SMILES string of the molecule is CCOC(=O)C1=C(C)N=c2s/c(=C/c3ccc(C(C)C)cc3)c(=O)n2[C@@H]1c1ccc(OC)c(Br)c1. The van der Waals surface area contributed by atoms with E-state index in [9.17, 15) is 9.59 Å². The number of ether oxygens (including phenoxy) is 2. The summed E-state index contributed by atoms with van der Waals surface area (Å²) in [6.07, 6.45) is 1.87. The molecule has 182 valence electrons. The Bertz CT molecular complexity index is 1480. The first-order valence-electron chi connectivity index (χ1n) is 11.4. The smallest absolute Gasteiger partial charge is 0.338 e. The van der Waals surface area contributed by atoms with Crippen LogP contribution in [0.1, 0.15) is 56.3 Å². The Morgan fingerprint density at radius 2 is 1.94 bits per heavy atom. The lowest BCUT2D eigenvalue weighted by Crippen LogP contribution is -2.39. The molecule has 0 spiro atoms. The van der Waals surface area contributed by atoms with Crippen LogP contribution in [-0.2, 0) is 9.53 Å². The molecule has 0 N–H and O–H groups in total. The first-order chi connectivity index (χ1) is 16.7. The maximum Gasteiger partial charge on any atom is 0.338 e. The molecule has 8 heteroatoms. The van der Waals surface area contributed by atoms with E-state index in [1.807, 2.05) is 36.4 Å². The van der Waals surface area contributed by atoms with Crippen LogP contribution >= 0.6 is 27.3 Å². The molecule has 1 aliphatic rings. The average Bonchev–Trinajstić information content (AvgIpc) is 3.12. The van der Waals surface area contributed by atoms with Crippen molar-refractivity contribution in [1.29, 1.82) is 0 Å². The van der Waals surface area contributed by atoms with Crippen molar-refractivity contribution in [2.45, 2.75) is 39.7 Å². The number of benzene rings is 2. The number of fused-ring (bicyclic) bond motifs is 1. The van der Waals surface area contributed by atoms with Crippen molar-refractivity contribution in [2.75, 3.05) is 13.7 Å². The van der Waals surface area contributed by atoms with Crippen LogP contribution in [0.4, 0.5) is 0 Å². The molecule has 0 fully saturated rings. The van der Waals surface area contributed by atoms with Crippen molar-refractivity contribution in [2.24, 2.45) is 4.99 Å². The lowest BCUT2D eigenvalue weighted by atomic mass is 9.96. The van der Waals surface area contributed by atoms with Crippen molar-refractivity contribution in [1.82, 2.24) is 4.57 Å². The summed E-state index contributed by atoms with van der Waals surface area (Å²) < 4.78 is 13.6. The second kappa shape index (κ2) is 10.3. The third-order valence-electron chi connectivity index (χ3n) is 5.91.